The molecule has 3 heterocycles. The molecule has 14 nitrogen and oxygen atoms in total. The van der Waals surface area contributed by atoms with E-state index in [1.54, 1.807) is 20.8 Å². The number of aliphatic hydroxyl groups is 1. The molecule has 2 aliphatic heterocycles. The number of phosphoric ester groups is 1. The second kappa shape index (κ2) is 11.2. The standard InChI is InChI=1S/C20H31N4O10PS/c1-5-30-18(27)22-11-19(2,3)16(25)36-9-8-31-35(29)32-10-12-14(34-35)20(4,28)15(33-12)24-7-6-13(21)23-17(24)26/h6-7,12,14-15,28H,5,8-11H2,1-4H3,(H,22,27)(H2,21,23,26)/t12-,14-,15-,20-,35+/m1/s1. The number of ether oxygens (including phenoxy) is 2. The summed E-state index contributed by atoms with van der Waals surface area (Å²) in [5.41, 5.74) is 2.12. The number of nitrogens with zero attached hydrogens (tertiary/aromatic N) is 2. The first-order valence-electron chi connectivity index (χ1n) is 11.2. The molecule has 202 valence electrons. The van der Waals surface area contributed by atoms with Crippen molar-refractivity contribution < 1.29 is 42.3 Å². The molecule has 2 fully saturated rings. The van der Waals surface area contributed by atoms with Crippen LogP contribution in [0.3, 0.4) is 0 Å². The highest BCUT2D eigenvalue weighted by Gasteiger charge is 2.60. The zero-order chi connectivity index (χ0) is 26.7. The van der Waals surface area contributed by atoms with Gasteiger partial charge in [0.2, 0.25) is 0 Å². The van der Waals surface area contributed by atoms with Crippen LogP contribution in [0.1, 0.15) is 33.9 Å². The van der Waals surface area contributed by atoms with Crippen molar-refractivity contribution in [3.05, 3.63) is 22.7 Å². The number of anilines is 1. The molecule has 16 heteroatoms. The van der Waals surface area contributed by atoms with Crippen LogP contribution in [0.25, 0.3) is 0 Å². The van der Waals surface area contributed by atoms with Gasteiger partial charge in [-0.25, -0.2) is 14.2 Å². The van der Waals surface area contributed by atoms with Crippen molar-refractivity contribution in [2.45, 2.75) is 51.7 Å². The number of hydrogen-bond acceptors (Lipinski definition) is 13. The van der Waals surface area contributed by atoms with Gasteiger partial charge in [0.15, 0.2) is 11.3 Å². The maximum atomic E-state index is 13.0. The van der Waals surface area contributed by atoms with Crippen LogP contribution in [-0.4, -0.2) is 75.8 Å². The average molecular weight is 551 g/mol. The molecular formula is C20H31N4O10PS. The number of fused-ring (bicyclic) bond motifs is 1. The highest BCUT2D eigenvalue weighted by atomic mass is 32.2. The smallest absolute Gasteiger partial charge is 0.450 e. The number of nitrogens with two attached hydrogens (primary N) is 1. The summed E-state index contributed by atoms with van der Waals surface area (Å²) in [7, 11) is -4.10. The molecular weight excluding hydrogens is 519 g/mol. The van der Waals surface area contributed by atoms with Gasteiger partial charge in [0.25, 0.3) is 0 Å². The number of hydrogen-bond donors (Lipinski definition) is 3. The summed E-state index contributed by atoms with van der Waals surface area (Å²) in [6, 6.07) is 1.38. The van der Waals surface area contributed by atoms with E-state index in [-0.39, 0.29) is 43.1 Å². The quantitative estimate of drug-likeness (QED) is 0.292. The lowest BCUT2D eigenvalue weighted by molar-refractivity contribution is -0.117. The molecule has 0 saturated carbocycles. The Labute approximate surface area is 211 Å². The van der Waals surface area contributed by atoms with E-state index >= 15 is 0 Å². The summed E-state index contributed by atoms with van der Waals surface area (Å²) in [5, 5.41) is 13.4. The van der Waals surface area contributed by atoms with Gasteiger partial charge in [-0.1, -0.05) is 25.6 Å². The fourth-order valence-corrected chi connectivity index (χ4v) is 5.98. The SMILES string of the molecule is CCOC(=O)NCC(C)(C)C(=O)SCCO[P@@]1(=O)OC[C@H]2O[C@@H](n3ccc(N)nc3=O)[C@](C)(O)[C@@H]2O1. The predicted octanol–water partition coefficient (Wildman–Crippen LogP) is 1.05. The van der Waals surface area contributed by atoms with Gasteiger partial charge >= 0.3 is 19.6 Å². The van der Waals surface area contributed by atoms with Crippen molar-refractivity contribution in [1.82, 2.24) is 14.9 Å². The maximum Gasteiger partial charge on any atom is 0.475 e. The molecule has 0 aromatic carbocycles. The van der Waals surface area contributed by atoms with Gasteiger partial charge in [0.1, 0.15) is 23.6 Å². The Kier molecular flexibility index (Phi) is 8.87. The number of amides is 1. The van der Waals surface area contributed by atoms with Crippen LogP contribution in [0.15, 0.2) is 17.1 Å². The Balaban J connectivity index is 1.53. The van der Waals surface area contributed by atoms with Gasteiger partial charge < -0.3 is 25.6 Å². The normalized spacial score (nSPS) is 30.0. The molecule has 0 bridgehead atoms. The van der Waals surface area contributed by atoms with Crippen LogP contribution >= 0.6 is 19.6 Å². The van der Waals surface area contributed by atoms with E-state index in [0.29, 0.717) is 0 Å². The molecule has 0 aliphatic carbocycles. The second-order valence-electron chi connectivity index (χ2n) is 8.99. The molecule has 1 amide bonds. The van der Waals surface area contributed by atoms with Gasteiger partial charge in [0, 0.05) is 18.5 Å². The average Bonchev–Trinajstić information content (AvgIpc) is 3.05. The van der Waals surface area contributed by atoms with Gasteiger partial charge in [-0.05, 0) is 19.9 Å². The number of rotatable bonds is 9. The summed E-state index contributed by atoms with van der Waals surface area (Å²) >= 11 is 0.938. The molecule has 5 atom stereocenters. The minimum atomic E-state index is -4.10. The van der Waals surface area contributed by atoms with Crippen molar-refractivity contribution in [3.8, 4) is 0 Å². The zero-order valence-corrected chi connectivity index (χ0v) is 22.1. The summed E-state index contributed by atoms with van der Waals surface area (Å²) in [6.07, 6.45) is -2.43. The van der Waals surface area contributed by atoms with Gasteiger partial charge in [0.05, 0.1) is 25.2 Å². The number of carbonyl (C=O) groups is 2. The molecule has 4 N–H and O–H groups in total. The number of nitrogen functional groups attached to an aromatic ring is 1. The Morgan fingerprint density at radius 1 is 1.47 bits per heavy atom. The molecule has 1 aromatic rings. The summed E-state index contributed by atoms with van der Waals surface area (Å²) < 4.78 is 40.7. The number of nitrogens with one attached hydrogen (secondary N) is 1. The summed E-state index contributed by atoms with van der Waals surface area (Å²) in [6.45, 7) is 6.32. The molecule has 36 heavy (non-hydrogen) atoms. The van der Waals surface area contributed by atoms with Gasteiger partial charge in [-0.3, -0.25) is 22.9 Å². The van der Waals surface area contributed by atoms with Crippen LogP contribution in [0, 0.1) is 5.41 Å². The number of aromatic nitrogens is 2. The summed E-state index contributed by atoms with van der Waals surface area (Å²) in [5.74, 6) is 0.146. The molecule has 0 spiro atoms. The van der Waals surface area contributed by atoms with Crippen molar-refractivity contribution >= 4 is 36.6 Å². The first-order chi connectivity index (χ1) is 16.8. The molecule has 2 saturated heterocycles. The second-order valence-corrected chi connectivity index (χ2v) is 11.7. The molecule has 3 rings (SSSR count). The lowest BCUT2D eigenvalue weighted by Gasteiger charge is -2.35. The van der Waals surface area contributed by atoms with Crippen LogP contribution < -0.4 is 16.7 Å². The summed E-state index contributed by atoms with van der Waals surface area (Å²) in [4.78, 5) is 39.8. The first-order valence-corrected chi connectivity index (χ1v) is 13.6. The Morgan fingerprint density at radius 3 is 2.86 bits per heavy atom. The third kappa shape index (κ3) is 6.46. The highest BCUT2D eigenvalue weighted by Crippen LogP contribution is 2.58. The maximum absolute atomic E-state index is 13.0. The number of phosphoric acid groups is 1. The van der Waals surface area contributed by atoms with E-state index in [1.807, 2.05) is 0 Å². The van der Waals surface area contributed by atoms with E-state index in [2.05, 4.69) is 10.3 Å². The van der Waals surface area contributed by atoms with Crippen LogP contribution in [0.2, 0.25) is 0 Å². The van der Waals surface area contributed by atoms with E-state index in [9.17, 15) is 24.1 Å². The molecule has 0 unspecified atom stereocenters. The fourth-order valence-electron chi connectivity index (χ4n) is 3.57. The third-order valence-electron chi connectivity index (χ3n) is 5.53. The lowest BCUT2D eigenvalue weighted by atomic mass is 9.96. The zero-order valence-electron chi connectivity index (χ0n) is 20.4. The minimum absolute atomic E-state index is 0.0128. The number of carbonyl (C=O) groups excluding carboxylic acids is 2. The van der Waals surface area contributed by atoms with Gasteiger partial charge in [-0.2, -0.15) is 4.98 Å². The monoisotopic (exact) mass is 550 g/mol. The minimum Gasteiger partial charge on any atom is -0.450 e. The Morgan fingerprint density at radius 2 is 2.19 bits per heavy atom. The van der Waals surface area contributed by atoms with Crippen molar-refractivity contribution in [2.75, 3.05) is 37.9 Å². The third-order valence-corrected chi connectivity index (χ3v) is 8.16. The molecule has 2 aliphatic rings. The Bertz CT molecular complexity index is 1080. The number of alkyl carbamates (subject to hydrolysis) is 1. The van der Waals surface area contributed by atoms with Crippen molar-refractivity contribution in [3.63, 3.8) is 0 Å². The van der Waals surface area contributed by atoms with Crippen LogP contribution in [0.5, 0.6) is 0 Å². The van der Waals surface area contributed by atoms with Crippen molar-refractivity contribution in [1.29, 1.82) is 0 Å². The van der Waals surface area contributed by atoms with Crippen molar-refractivity contribution in [2.24, 2.45) is 5.41 Å². The predicted molar refractivity (Wildman–Crippen MR) is 128 cm³/mol. The van der Waals surface area contributed by atoms with Crippen LogP contribution in [0.4, 0.5) is 10.6 Å². The molecule has 0 radical (unpaired) electrons. The largest absolute Gasteiger partial charge is 0.475 e. The van der Waals surface area contributed by atoms with E-state index in [1.165, 1.54) is 19.2 Å². The molecule has 1 aromatic heterocycles. The Hall–Kier alpha value is -2.00. The first kappa shape index (κ1) is 28.6. The van der Waals surface area contributed by atoms with E-state index < -0.39 is 49.1 Å². The topological polar surface area (TPSA) is 191 Å². The fraction of sp³-hybridized carbons (Fsp3) is 0.700. The van der Waals surface area contributed by atoms with Gasteiger partial charge in [-0.15, -0.1) is 0 Å². The highest BCUT2D eigenvalue weighted by molar-refractivity contribution is 8.13. The van der Waals surface area contributed by atoms with E-state index in [0.717, 1.165) is 16.3 Å². The lowest BCUT2D eigenvalue weighted by Crippen LogP contribution is -2.49. The van der Waals surface area contributed by atoms with E-state index in [4.69, 9.17) is 28.8 Å². The number of thioether (sulfide) groups is 1. The van der Waals surface area contributed by atoms with Crippen LogP contribution in [-0.2, 0) is 32.4 Å².